The fourth-order valence-corrected chi connectivity index (χ4v) is 2.50. The standard InChI is InChI=1S/C22H25NO3/c1-15(14-16-10-12-17(13-11-16)22(2,3)4)20(24)23-19-9-7-6-8-18(19)21(25)26-5/h6-14H,1-5H3,(H,23,24). The Kier molecular flexibility index (Phi) is 5.98. The molecule has 0 unspecified atom stereocenters. The van der Waals surface area contributed by atoms with Crippen molar-refractivity contribution in [2.75, 3.05) is 12.4 Å². The predicted octanol–water partition coefficient (Wildman–Crippen LogP) is 4.81. The van der Waals surface area contributed by atoms with Crippen LogP contribution >= 0.6 is 0 Å². The van der Waals surface area contributed by atoms with Gasteiger partial charge in [0.2, 0.25) is 0 Å². The molecule has 26 heavy (non-hydrogen) atoms. The van der Waals surface area contributed by atoms with Crippen LogP contribution in [0.5, 0.6) is 0 Å². The summed E-state index contributed by atoms with van der Waals surface area (Å²) in [6.45, 7) is 8.23. The summed E-state index contributed by atoms with van der Waals surface area (Å²) in [4.78, 5) is 24.3. The van der Waals surface area contributed by atoms with E-state index < -0.39 is 5.97 Å². The predicted molar refractivity (Wildman–Crippen MR) is 105 cm³/mol. The molecule has 0 aliphatic heterocycles. The molecule has 0 spiro atoms. The number of ether oxygens (including phenoxy) is 1. The topological polar surface area (TPSA) is 55.4 Å². The highest BCUT2D eigenvalue weighted by Crippen LogP contribution is 2.23. The summed E-state index contributed by atoms with van der Waals surface area (Å²) < 4.78 is 4.75. The lowest BCUT2D eigenvalue weighted by atomic mass is 9.86. The van der Waals surface area contributed by atoms with Gasteiger partial charge in [0.25, 0.3) is 5.91 Å². The minimum atomic E-state index is -0.486. The van der Waals surface area contributed by atoms with Crippen LogP contribution in [0.15, 0.2) is 54.1 Å². The Morgan fingerprint density at radius 2 is 1.62 bits per heavy atom. The molecule has 0 bridgehead atoms. The Bertz CT molecular complexity index is 827. The third-order valence-corrected chi connectivity index (χ3v) is 4.10. The lowest BCUT2D eigenvalue weighted by molar-refractivity contribution is -0.112. The van der Waals surface area contributed by atoms with E-state index in [1.807, 2.05) is 18.2 Å². The molecule has 4 heteroatoms. The summed E-state index contributed by atoms with van der Waals surface area (Å²) in [5, 5.41) is 2.77. The molecule has 0 heterocycles. The molecule has 0 saturated heterocycles. The zero-order chi connectivity index (χ0) is 19.3. The number of methoxy groups -OCH3 is 1. The van der Waals surface area contributed by atoms with Crippen molar-refractivity contribution in [3.63, 3.8) is 0 Å². The Morgan fingerprint density at radius 1 is 1.00 bits per heavy atom. The molecule has 2 aromatic carbocycles. The van der Waals surface area contributed by atoms with E-state index >= 15 is 0 Å². The van der Waals surface area contributed by atoms with Crippen molar-refractivity contribution in [1.82, 2.24) is 0 Å². The number of hydrogen-bond donors (Lipinski definition) is 1. The molecule has 2 aromatic rings. The molecular formula is C22H25NO3. The smallest absolute Gasteiger partial charge is 0.339 e. The minimum absolute atomic E-state index is 0.0895. The number of esters is 1. The number of carbonyl (C=O) groups excluding carboxylic acids is 2. The fraction of sp³-hybridized carbons (Fsp3) is 0.273. The van der Waals surface area contributed by atoms with Crippen LogP contribution in [-0.2, 0) is 14.9 Å². The maximum Gasteiger partial charge on any atom is 0.339 e. The molecule has 1 N–H and O–H groups in total. The van der Waals surface area contributed by atoms with Crippen molar-refractivity contribution in [2.45, 2.75) is 33.1 Å². The Labute approximate surface area is 154 Å². The molecule has 0 saturated carbocycles. The van der Waals surface area contributed by atoms with Crippen LogP contribution in [0.2, 0.25) is 0 Å². The largest absolute Gasteiger partial charge is 0.465 e. The third kappa shape index (κ3) is 4.82. The van der Waals surface area contributed by atoms with Crippen molar-refractivity contribution in [1.29, 1.82) is 0 Å². The first-order valence-corrected chi connectivity index (χ1v) is 8.50. The zero-order valence-corrected chi connectivity index (χ0v) is 15.9. The first kappa shape index (κ1) is 19.4. The number of benzene rings is 2. The number of anilines is 1. The Morgan fingerprint density at radius 3 is 2.19 bits per heavy atom. The van der Waals surface area contributed by atoms with Gasteiger partial charge in [0.15, 0.2) is 0 Å². The summed E-state index contributed by atoms with van der Waals surface area (Å²) in [5.74, 6) is -0.749. The molecule has 136 valence electrons. The quantitative estimate of drug-likeness (QED) is 0.635. The first-order valence-electron chi connectivity index (χ1n) is 8.50. The lowest BCUT2D eigenvalue weighted by Crippen LogP contribution is -2.16. The van der Waals surface area contributed by atoms with Crippen LogP contribution in [0.3, 0.4) is 0 Å². The summed E-state index contributed by atoms with van der Waals surface area (Å²) in [7, 11) is 1.31. The molecule has 2 rings (SSSR count). The van der Waals surface area contributed by atoms with Crippen LogP contribution in [-0.4, -0.2) is 19.0 Å². The second kappa shape index (κ2) is 8.00. The highest BCUT2D eigenvalue weighted by Gasteiger charge is 2.15. The number of hydrogen-bond acceptors (Lipinski definition) is 3. The van der Waals surface area contributed by atoms with Gasteiger partial charge >= 0.3 is 5.97 Å². The maximum absolute atomic E-state index is 12.5. The molecule has 4 nitrogen and oxygen atoms in total. The van der Waals surface area contributed by atoms with Gasteiger partial charge in [0, 0.05) is 5.57 Å². The lowest BCUT2D eigenvalue weighted by Gasteiger charge is -2.18. The Hall–Kier alpha value is -2.88. The van der Waals surface area contributed by atoms with E-state index in [0.717, 1.165) is 5.56 Å². The van der Waals surface area contributed by atoms with Crippen molar-refractivity contribution >= 4 is 23.6 Å². The van der Waals surface area contributed by atoms with Crippen LogP contribution in [0.4, 0.5) is 5.69 Å². The van der Waals surface area contributed by atoms with Gasteiger partial charge in [-0.3, -0.25) is 4.79 Å². The summed E-state index contributed by atoms with van der Waals surface area (Å²) in [6, 6.07) is 14.9. The van der Waals surface area contributed by atoms with Gasteiger partial charge < -0.3 is 10.1 Å². The third-order valence-electron chi connectivity index (χ3n) is 4.10. The SMILES string of the molecule is COC(=O)c1ccccc1NC(=O)C(C)=Cc1ccc(C(C)(C)C)cc1. The molecule has 0 aliphatic carbocycles. The number of carbonyl (C=O) groups is 2. The number of nitrogens with one attached hydrogen (secondary N) is 1. The molecule has 0 aromatic heterocycles. The minimum Gasteiger partial charge on any atom is -0.465 e. The highest BCUT2D eigenvalue weighted by atomic mass is 16.5. The van der Waals surface area contributed by atoms with Gasteiger partial charge in [-0.1, -0.05) is 57.2 Å². The van der Waals surface area contributed by atoms with E-state index in [2.05, 4.69) is 38.2 Å². The van der Waals surface area contributed by atoms with Crippen molar-refractivity contribution in [3.05, 3.63) is 70.8 Å². The van der Waals surface area contributed by atoms with E-state index in [9.17, 15) is 9.59 Å². The molecular weight excluding hydrogens is 326 g/mol. The van der Waals surface area contributed by atoms with Gasteiger partial charge in [0.05, 0.1) is 18.4 Å². The number of rotatable bonds is 4. The summed E-state index contributed by atoms with van der Waals surface area (Å²) >= 11 is 0. The second-order valence-corrected chi connectivity index (χ2v) is 7.19. The molecule has 0 aliphatic rings. The van der Waals surface area contributed by atoms with Crippen LogP contribution in [0, 0.1) is 0 Å². The van der Waals surface area contributed by atoms with Gasteiger partial charge in [-0.05, 0) is 41.7 Å². The monoisotopic (exact) mass is 351 g/mol. The second-order valence-electron chi connectivity index (χ2n) is 7.19. The highest BCUT2D eigenvalue weighted by molar-refractivity contribution is 6.09. The van der Waals surface area contributed by atoms with Crippen LogP contribution in [0.1, 0.15) is 49.2 Å². The fourth-order valence-electron chi connectivity index (χ4n) is 2.50. The number of amides is 1. The van der Waals surface area contributed by atoms with Gasteiger partial charge in [-0.2, -0.15) is 0 Å². The molecule has 1 amide bonds. The number of para-hydroxylation sites is 1. The van der Waals surface area contributed by atoms with Crippen LogP contribution < -0.4 is 5.32 Å². The molecule has 0 radical (unpaired) electrons. The van der Waals surface area contributed by atoms with E-state index in [0.29, 0.717) is 16.8 Å². The van der Waals surface area contributed by atoms with E-state index in [1.165, 1.54) is 12.7 Å². The van der Waals surface area contributed by atoms with Crippen molar-refractivity contribution < 1.29 is 14.3 Å². The molecule has 0 fully saturated rings. The average Bonchev–Trinajstić information content (AvgIpc) is 2.61. The van der Waals surface area contributed by atoms with Gasteiger partial charge in [-0.25, -0.2) is 4.79 Å². The van der Waals surface area contributed by atoms with Crippen LogP contribution in [0.25, 0.3) is 6.08 Å². The van der Waals surface area contributed by atoms with E-state index in [4.69, 9.17) is 4.74 Å². The van der Waals surface area contributed by atoms with Crippen molar-refractivity contribution in [2.24, 2.45) is 0 Å². The summed E-state index contributed by atoms with van der Waals surface area (Å²) in [5.41, 5.74) is 3.58. The van der Waals surface area contributed by atoms with E-state index in [-0.39, 0.29) is 11.3 Å². The molecule has 0 atom stereocenters. The zero-order valence-electron chi connectivity index (χ0n) is 15.9. The first-order chi connectivity index (χ1) is 12.2. The summed E-state index contributed by atoms with van der Waals surface area (Å²) in [6.07, 6.45) is 1.82. The van der Waals surface area contributed by atoms with Gasteiger partial charge in [0.1, 0.15) is 0 Å². The Balaban J connectivity index is 2.18. The van der Waals surface area contributed by atoms with Gasteiger partial charge in [-0.15, -0.1) is 0 Å². The average molecular weight is 351 g/mol. The normalized spacial score (nSPS) is 11.8. The maximum atomic E-state index is 12.5. The van der Waals surface area contributed by atoms with Crippen molar-refractivity contribution in [3.8, 4) is 0 Å². The van der Waals surface area contributed by atoms with E-state index in [1.54, 1.807) is 31.2 Å².